The molecule has 1 aromatic rings. The number of likely N-dealkylation sites (N-methyl/N-ethyl adjacent to an activating group) is 1. The Morgan fingerprint density at radius 2 is 2.47 bits per heavy atom. The second-order valence-corrected chi connectivity index (χ2v) is 5.81. The molecule has 2 heterocycles. The van der Waals surface area contributed by atoms with E-state index in [0.717, 1.165) is 26.1 Å². The van der Waals surface area contributed by atoms with Crippen molar-refractivity contribution in [1.82, 2.24) is 15.5 Å². The normalized spacial score (nSPS) is 21.8. The van der Waals surface area contributed by atoms with E-state index in [0.29, 0.717) is 6.04 Å². The minimum absolute atomic E-state index is 0.669. The van der Waals surface area contributed by atoms with Gasteiger partial charge in [-0.3, -0.25) is 0 Å². The van der Waals surface area contributed by atoms with Crippen LogP contribution in [0.1, 0.15) is 11.3 Å². The number of hydrogen-bond donors (Lipinski definition) is 2. The van der Waals surface area contributed by atoms with E-state index >= 15 is 0 Å². The van der Waals surface area contributed by atoms with Crippen molar-refractivity contribution in [2.75, 3.05) is 39.8 Å². The lowest BCUT2D eigenvalue weighted by Crippen LogP contribution is -2.49. The Hall–Kier alpha value is -0.420. The lowest BCUT2D eigenvalue weighted by molar-refractivity contribution is 0.231. The van der Waals surface area contributed by atoms with Gasteiger partial charge in [0.15, 0.2) is 0 Å². The lowest BCUT2D eigenvalue weighted by Gasteiger charge is -2.30. The van der Waals surface area contributed by atoms with Gasteiger partial charge < -0.3 is 15.5 Å². The van der Waals surface area contributed by atoms with Gasteiger partial charge in [0.25, 0.3) is 0 Å². The highest BCUT2D eigenvalue weighted by Crippen LogP contribution is 2.08. The van der Waals surface area contributed by atoms with Crippen LogP contribution in [0.4, 0.5) is 0 Å². The first-order valence-electron chi connectivity index (χ1n) is 6.49. The number of nitrogens with zero attached hydrogens (tertiary/aromatic N) is 1. The summed E-state index contributed by atoms with van der Waals surface area (Å²) >= 11 is 1.85. The van der Waals surface area contributed by atoms with Gasteiger partial charge in [-0.2, -0.15) is 0 Å². The third-order valence-corrected chi connectivity index (χ3v) is 4.19. The van der Waals surface area contributed by atoms with Gasteiger partial charge in [-0.1, -0.05) is 6.07 Å². The third kappa shape index (κ3) is 4.76. The molecule has 2 rings (SSSR count). The summed E-state index contributed by atoms with van der Waals surface area (Å²) in [5.41, 5.74) is 0. The molecule has 2 N–H and O–H groups in total. The molecule has 96 valence electrons. The van der Waals surface area contributed by atoms with E-state index in [4.69, 9.17) is 0 Å². The molecular formula is C13H23N3S. The summed E-state index contributed by atoms with van der Waals surface area (Å²) in [4.78, 5) is 3.89. The maximum absolute atomic E-state index is 3.57. The highest BCUT2D eigenvalue weighted by molar-refractivity contribution is 7.09. The summed E-state index contributed by atoms with van der Waals surface area (Å²) in [6, 6.07) is 5.01. The summed E-state index contributed by atoms with van der Waals surface area (Å²) < 4.78 is 0. The Labute approximate surface area is 108 Å². The fraction of sp³-hybridized carbons (Fsp3) is 0.692. The number of thiophene rings is 1. The van der Waals surface area contributed by atoms with Crippen LogP contribution in [0.2, 0.25) is 0 Å². The van der Waals surface area contributed by atoms with Crippen LogP contribution in [0, 0.1) is 0 Å². The second-order valence-electron chi connectivity index (χ2n) is 4.78. The molecule has 0 aromatic carbocycles. The Balaban J connectivity index is 1.51. The van der Waals surface area contributed by atoms with Gasteiger partial charge in [-0.15, -0.1) is 11.3 Å². The summed E-state index contributed by atoms with van der Waals surface area (Å²) in [5, 5.41) is 9.26. The van der Waals surface area contributed by atoms with Crippen LogP contribution in [-0.2, 0) is 6.42 Å². The number of piperazine rings is 1. The molecule has 1 fully saturated rings. The van der Waals surface area contributed by atoms with Crippen molar-refractivity contribution in [2.24, 2.45) is 0 Å². The van der Waals surface area contributed by atoms with Crippen molar-refractivity contribution >= 4 is 11.3 Å². The van der Waals surface area contributed by atoms with E-state index in [1.54, 1.807) is 0 Å². The van der Waals surface area contributed by atoms with Crippen LogP contribution in [0.5, 0.6) is 0 Å². The molecule has 3 nitrogen and oxygen atoms in total. The van der Waals surface area contributed by atoms with E-state index < -0.39 is 0 Å². The van der Waals surface area contributed by atoms with Crippen LogP contribution in [0.25, 0.3) is 0 Å². The monoisotopic (exact) mass is 253 g/mol. The molecule has 0 spiro atoms. The van der Waals surface area contributed by atoms with Crippen LogP contribution >= 0.6 is 11.3 Å². The van der Waals surface area contributed by atoms with E-state index in [9.17, 15) is 0 Å². The maximum Gasteiger partial charge on any atom is 0.0207 e. The zero-order valence-electron chi connectivity index (χ0n) is 10.6. The average molecular weight is 253 g/mol. The second kappa shape index (κ2) is 7.11. The molecule has 1 aliphatic heterocycles. The largest absolute Gasteiger partial charge is 0.316 e. The first kappa shape index (κ1) is 13.0. The molecule has 17 heavy (non-hydrogen) atoms. The summed E-state index contributed by atoms with van der Waals surface area (Å²) in [6.45, 7) is 5.73. The molecule has 1 aliphatic rings. The SMILES string of the molecule is CN1CCNC(CCNCCc2cccs2)C1. The first-order valence-corrected chi connectivity index (χ1v) is 7.37. The molecule has 1 aromatic heterocycles. The van der Waals surface area contributed by atoms with Crippen molar-refractivity contribution in [3.63, 3.8) is 0 Å². The number of rotatable bonds is 6. The van der Waals surface area contributed by atoms with E-state index in [1.807, 2.05) is 11.3 Å². The van der Waals surface area contributed by atoms with Crippen LogP contribution in [0.3, 0.4) is 0 Å². The van der Waals surface area contributed by atoms with Crippen LogP contribution < -0.4 is 10.6 Å². The number of nitrogens with one attached hydrogen (secondary N) is 2. The van der Waals surface area contributed by atoms with E-state index in [-0.39, 0.29) is 0 Å². The van der Waals surface area contributed by atoms with Gasteiger partial charge in [0.05, 0.1) is 0 Å². The van der Waals surface area contributed by atoms with E-state index in [1.165, 1.54) is 24.4 Å². The van der Waals surface area contributed by atoms with E-state index in [2.05, 4.69) is 40.1 Å². The predicted octanol–water partition coefficient (Wildman–Crippen LogP) is 1.17. The maximum atomic E-state index is 3.57. The smallest absolute Gasteiger partial charge is 0.0207 e. The third-order valence-electron chi connectivity index (χ3n) is 3.26. The molecule has 1 atom stereocenters. The molecule has 0 aliphatic carbocycles. The van der Waals surface area contributed by atoms with Crippen molar-refractivity contribution in [1.29, 1.82) is 0 Å². The van der Waals surface area contributed by atoms with Gasteiger partial charge in [0.1, 0.15) is 0 Å². The highest BCUT2D eigenvalue weighted by Gasteiger charge is 2.15. The summed E-state index contributed by atoms with van der Waals surface area (Å²) in [5.74, 6) is 0. The van der Waals surface area contributed by atoms with Gasteiger partial charge in [0, 0.05) is 30.6 Å². The zero-order valence-corrected chi connectivity index (χ0v) is 11.4. The highest BCUT2D eigenvalue weighted by atomic mass is 32.1. The first-order chi connectivity index (χ1) is 8.34. The van der Waals surface area contributed by atoms with Crippen molar-refractivity contribution < 1.29 is 0 Å². The number of hydrogen-bond acceptors (Lipinski definition) is 4. The van der Waals surface area contributed by atoms with Gasteiger partial charge in [-0.25, -0.2) is 0 Å². The lowest BCUT2D eigenvalue weighted by atomic mass is 10.1. The zero-order chi connectivity index (χ0) is 11.9. The molecule has 0 radical (unpaired) electrons. The topological polar surface area (TPSA) is 27.3 Å². The quantitative estimate of drug-likeness (QED) is 0.745. The average Bonchev–Trinajstić information content (AvgIpc) is 2.82. The summed E-state index contributed by atoms with van der Waals surface area (Å²) in [7, 11) is 2.21. The van der Waals surface area contributed by atoms with Crippen molar-refractivity contribution in [3.8, 4) is 0 Å². The van der Waals surface area contributed by atoms with Gasteiger partial charge in [0.2, 0.25) is 0 Å². The summed E-state index contributed by atoms with van der Waals surface area (Å²) in [6.07, 6.45) is 2.39. The van der Waals surface area contributed by atoms with Crippen molar-refractivity contribution in [3.05, 3.63) is 22.4 Å². The Bertz CT molecular complexity index is 300. The Morgan fingerprint density at radius 3 is 3.24 bits per heavy atom. The Kier molecular flexibility index (Phi) is 5.45. The molecule has 0 amide bonds. The molecule has 0 saturated carbocycles. The Morgan fingerprint density at radius 1 is 1.53 bits per heavy atom. The van der Waals surface area contributed by atoms with Crippen LogP contribution in [0.15, 0.2) is 17.5 Å². The van der Waals surface area contributed by atoms with Crippen LogP contribution in [-0.4, -0.2) is 50.7 Å². The minimum Gasteiger partial charge on any atom is -0.316 e. The fourth-order valence-corrected chi connectivity index (χ4v) is 2.96. The molecule has 1 unspecified atom stereocenters. The molecule has 4 heteroatoms. The standard InChI is InChI=1S/C13H23N3S/c1-16-9-8-15-12(11-16)4-6-14-7-5-13-3-2-10-17-13/h2-3,10,12,14-15H,4-9,11H2,1H3. The molecule has 1 saturated heterocycles. The molecular weight excluding hydrogens is 230 g/mol. The van der Waals surface area contributed by atoms with Gasteiger partial charge in [-0.05, 0) is 44.4 Å². The fourth-order valence-electron chi connectivity index (χ4n) is 2.25. The predicted molar refractivity (Wildman–Crippen MR) is 74.8 cm³/mol. The molecule has 0 bridgehead atoms. The van der Waals surface area contributed by atoms with Crippen molar-refractivity contribution in [2.45, 2.75) is 18.9 Å². The van der Waals surface area contributed by atoms with Gasteiger partial charge >= 0.3 is 0 Å². The minimum atomic E-state index is 0.669.